The molecule has 1 heterocycles. The van der Waals surface area contributed by atoms with Gasteiger partial charge >= 0.3 is 0 Å². The molecule has 3 rings (SSSR count). The molecule has 0 saturated carbocycles. The molecule has 5 heteroatoms. The molecule has 2 aromatic carbocycles. The van der Waals surface area contributed by atoms with Crippen molar-refractivity contribution in [3.63, 3.8) is 0 Å². The second-order valence-electron chi connectivity index (χ2n) is 5.06. The quantitative estimate of drug-likeness (QED) is 0.921. The Morgan fingerprint density at radius 3 is 2.52 bits per heavy atom. The molecule has 1 aliphatic heterocycles. The Bertz CT molecular complexity index is 655. The van der Waals surface area contributed by atoms with E-state index in [1.807, 2.05) is 12.1 Å². The van der Waals surface area contributed by atoms with Gasteiger partial charge in [0, 0.05) is 30.2 Å². The predicted octanol–water partition coefficient (Wildman–Crippen LogP) is 3.50. The molecule has 2 atom stereocenters. The summed E-state index contributed by atoms with van der Waals surface area (Å²) >= 11 is 0. The van der Waals surface area contributed by atoms with E-state index in [2.05, 4.69) is 0 Å². The summed E-state index contributed by atoms with van der Waals surface area (Å²) in [4.78, 5) is 0. The Morgan fingerprint density at radius 1 is 1.14 bits per heavy atom. The number of rotatable bonds is 2. The fourth-order valence-electron chi connectivity index (χ4n) is 2.57. The molecule has 21 heavy (non-hydrogen) atoms. The number of benzene rings is 2. The molecular formula is C16H15F2NO2. The molecule has 2 N–H and O–H groups in total. The second kappa shape index (κ2) is 5.33. The van der Waals surface area contributed by atoms with Crippen molar-refractivity contribution >= 4 is 0 Å². The zero-order valence-corrected chi connectivity index (χ0v) is 11.5. The fraction of sp³-hybridized carbons (Fsp3) is 0.250. The van der Waals surface area contributed by atoms with Crippen molar-refractivity contribution < 1.29 is 18.3 Å². The van der Waals surface area contributed by atoms with E-state index in [1.165, 1.54) is 12.1 Å². The van der Waals surface area contributed by atoms with Gasteiger partial charge in [-0.3, -0.25) is 0 Å². The SMILES string of the molecule is COc1ccc2c(c1)OC(c1cc(F)cc(F)c1)CC2N. The van der Waals surface area contributed by atoms with Crippen molar-refractivity contribution in [1.29, 1.82) is 0 Å². The molecule has 2 unspecified atom stereocenters. The average molecular weight is 291 g/mol. The van der Waals surface area contributed by atoms with Crippen molar-refractivity contribution in [2.24, 2.45) is 5.73 Å². The van der Waals surface area contributed by atoms with Gasteiger partial charge in [0.15, 0.2) is 0 Å². The number of nitrogens with two attached hydrogens (primary N) is 1. The third-order valence-corrected chi connectivity index (χ3v) is 3.61. The van der Waals surface area contributed by atoms with Gasteiger partial charge in [-0.15, -0.1) is 0 Å². The highest BCUT2D eigenvalue weighted by Gasteiger charge is 2.28. The summed E-state index contributed by atoms with van der Waals surface area (Å²) in [7, 11) is 1.56. The normalized spacial score (nSPS) is 20.6. The smallest absolute Gasteiger partial charge is 0.128 e. The summed E-state index contributed by atoms with van der Waals surface area (Å²) < 4.78 is 37.7. The third-order valence-electron chi connectivity index (χ3n) is 3.61. The molecule has 0 amide bonds. The van der Waals surface area contributed by atoms with Crippen molar-refractivity contribution in [3.05, 3.63) is 59.2 Å². The van der Waals surface area contributed by atoms with Crippen LogP contribution in [0.1, 0.15) is 29.7 Å². The number of hydrogen-bond donors (Lipinski definition) is 1. The van der Waals surface area contributed by atoms with Crippen molar-refractivity contribution in [3.8, 4) is 11.5 Å². The zero-order valence-electron chi connectivity index (χ0n) is 11.5. The summed E-state index contributed by atoms with van der Waals surface area (Å²) in [5.41, 5.74) is 7.44. The maximum absolute atomic E-state index is 13.3. The highest BCUT2D eigenvalue weighted by molar-refractivity contribution is 5.44. The van der Waals surface area contributed by atoms with Crippen LogP contribution < -0.4 is 15.2 Å². The minimum atomic E-state index is -0.626. The van der Waals surface area contributed by atoms with Gasteiger partial charge in [-0.1, -0.05) is 6.07 Å². The largest absolute Gasteiger partial charge is 0.497 e. The maximum Gasteiger partial charge on any atom is 0.128 e. The highest BCUT2D eigenvalue weighted by Crippen LogP contribution is 2.41. The van der Waals surface area contributed by atoms with E-state index in [1.54, 1.807) is 13.2 Å². The van der Waals surface area contributed by atoms with Crippen LogP contribution in [0.2, 0.25) is 0 Å². The molecule has 0 fully saturated rings. The Morgan fingerprint density at radius 2 is 1.86 bits per heavy atom. The monoisotopic (exact) mass is 291 g/mol. The van der Waals surface area contributed by atoms with Gasteiger partial charge in [-0.05, 0) is 23.8 Å². The van der Waals surface area contributed by atoms with Gasteiger partial charge in [0.1, 0.15) is 29.2 Å². The predicted molar refractivity (Wildman–Crippen MR) is 74.3 cm³/mol. The summed E-state index contributed by atoms with van der Waals surface area (Å²) in [6.45, 7) is 0. The van der Waals surface area contributed by atoms with E-state index < -0.39 is 17.7 Å². The Hall–Kier alpha value is -2.14. The maximum atomic E-state index is 13.3. The van der Waals surface area contributed by atoms with Crippen LogP contribution in [0, 0.1) is 11.6 Å². The van der Waals surface area contributed by atoms with Crippen molar-refractivity contribution in [2.45, 2.75) is 18.6 Å². The molecule has 0 saturated heterocycles. The van der Waals surface area contributed by atoms with Crippen LogP contribution in [0.5, 0.6) is 11.5 Å². The highest BCUT2D eigenvalue weighted by atomic mass is 19.1. The lowest BCUT2D eigenvalue weighted by molar-refractivity contribution is 0.160. The molecule has 110 valence electrons. The lowest BCUT2D eigenvalue weighted by atomic mass is 9.93. The van der Waals surface area contributed by atoms with Gasteiger partial charge < -0.3 is 15.2 Å². The standard InChI is InChI=1S/C16H15F2NO2/c1-20-12-2-3-13-14(19)8-15(21-16(13)7-12)9-4-10(17)6-11(18)5-9/h2-7,14-15H,8,19H2,1H3. The van der Waals surface area contributed by atoms with Crippen LogP contribution in [-0.4, -0.2) is 7.11 Å². The van der Waals surface area contributed by atoms with E-state index in [4.69, 9.17) is 15.2 Å². The second-order valence-corrected chi connectivity index (χ2v) is 5.06. The summed E-state index contributed by atoms with van der Waals surface area (Å²) in [5, 5.41) is 0. The van der Waals surface area contributed by atoms with E-state index in [0.29, 0.717) is 23.5 Å². The van der Waals surface area contributed by atoms with Gasteiger partial charge in [-0.2, -0.15) is 0 Å². The number of methoxy groups -OCH3 is 1. The molecule has 0 spiro atoms. The summed E-state index contributed by atoms with van der Waals surface area (Å²) in [6.07, 6.45) is -0.0211. The van der Waals surface area contributed by atoms with Gasteiger partial charge in [0.2, 0.25) is 0 Å². The molecule has 3 nitrogen and oxygen atoms in total. The molecule has 2 aromatic rings. The molecular weight excluding hydrogens is 276 g/mol. The number of fused-ring (bicyclic) bond motifs is 1. The summed E-state index contributed by atoms with van der Waals surface area (Å²) in [6, 6.07) is 8.51. The van der Waals surface area contributed by atoms with Crippen molar-refractivity contribution in [2.75, 3.05) is 7.11 Å². The van der Waals surface area contributed by atoms with Crippen LogP contribution >= 0.6 is 0 Å². The topological polar surface area (TPSA) is 44.5 Å². The lowest BCUT2D eigenvalue weighted by Crippen LogP contribution is -2.24. The lowest BCUT2D eigenvalue weighted by Gasteiger charge is -2.30. The number of hydrogen-bond acceptors (Lipinski definition) is 3. The fourth-order valence-corrected chi connectivity index (χ4v) is 2.57. The first kappa shape index (κ1) is 13.8. The first-order valence-electron chi connectivity index (χ1n) is 6.63. The van der Waals surface area contributed by atoms with E-state index in [-0.39, 0.29) is 6.04 Å². The van der Waals surface area contributed by atoms with E-state index in [0.717, 1.165) is 11.6 Å². The minimum Gasteiger partial charge on any atom is -0.497 e. The van der Waals surface area contributed by atoms with Crippen molar-refractivity contribution in [1.82, 2.24) is 0 Å². The third kappa shape index (κ3) is 2.69. The number of ether oxygens (including phenoxy) is 2. The molecule has 1 aliphatic rings. The van der Waals surface area contributed by atoms with Crippen LogP contribution in [0.4, 0.5) is 8.78 Å². The Kier molecular flexibility index (Phi) is 3.51. The van der Waals surface area contributed by atoms with Gasteiger partial charge in [0.05, 0.1) is 7.11 Å². The first-order chi connectivity index (χ1) is 10.1. The van der Waals surface area contributed by atoms with Crippen LogP contribution in [0.15, 0.2) is 36.4 Å². The van der Waals surface area contributed by atoms with E-state index in [9.17, 15) is 8.78 Å². The van der Waals surface area contributed by atoms with Crippen LogP contribution in [-0.2, 0) is 0 Å². The van der Waals surface area contributed by atoms with E-state index >= 15 is 0 Å². The van der Waals surface area contributed by atoms with Crippen LogP contribution in [0.25, 0.3) is 0 Å². The molecule has 0 radical (unpaired) electrons. The van der Waals surface area contributed by atoms with Crippen LogP contribution in [0.3, 0.4) is 0 Å². The van der Waals surface area contributed by atoms with Gasteiger partial charge in [0.25, 0.3) is 0 Å². The minimum absolute atomic E-state index is 0.254. The molecule has 0 bridgehead atoms. The molecule has 0 aromatic heterocycles. The average Bonchev–Trinajstić information content (AvgIpc) is 2.45. The first-order valence-corrected chi connectivity index (χ1v) is 6.63. The summed E-state index contributed by atoms with van der Waals surface area (Å²) in [5.74, 6) is -0.0213. The Balaban J connectivity index is 1.96. The number of halogens is 2. The van der Waals surface area contributed by atoms with Gasteiger partial charge in [-0.25, -0.2) is 8.78 Å². The molecule has 0 aliphatic carbocycles. The zero-order chi connectivity index (χ0) is 15.0. The Labute approximate surface area is 121 Å².